The van der Waals surface area contributed by atoms with E-state index in [-0.39, 0.29) is 17.8 Å². The summed E-state index contributed by atoms with van der Waals surface area (Å²) in [5.41, 5.74) is 1.85. The Morgan fingerprint density at radius 3 is 1.44 bits per heavy atom. The summed E-state index contributed by atoms with van der Waals surface area (Å²) in [5.74, 6) is -2.14. The molecule has 186 valence electrons. The smallest absolute Gasteiger partial charge is 0.162 e. The van der Waals surface area contributed by atoms with Crippen molar-refractivity contribution in [1.82, 2.24) is 0 Å². The van der Waals surface area contributed by atoms with Crippen molar-refractivity contribution in [3.8, 4) is 0 Å². The fourth-order valence-corrected chi connectivity index (χ4v) is 6.29. The molecule has 0 unspecified atom stereocenters. The van der Waals surface area contributed by atoms with Gasteiger partial charge in [0.2, 0.25) is 0 Å². The zero-order chi connectivity index (χ0) is 24.2. The van der Waals surface area contributed by atoms with Gasteiger partial charge in [-0.05, 0) is 110 Å². The van der Waals surface area contributed by atoms with Crippen LogP contribution in [0.4, 0.5) is 17.6 Å². The standard InChI is InChI=1S/C30H38F4/c1-3-5-6-23-15-16-24(28(32)27(23)31)21-11-13-22(14-12-21)26-18-17-25(29(33)30(26)34)20-9-7-19(4-2)8-10-20/h15-22H,3-14H2,1-2H3. The summed E-state index contributed by atoms with van der Waals surface area (Å²) in [6.07, 6.45) is 10.1. The van der Waals surface area contributed by atoms with Crippen molar-refractivity contribution >= 4 is 0 Å². The highest BCUT2D eigenvalue weighted by Crippen LogP contribution is 2.44. The van der Waals surface area contributed by atoms with Crippen LogP contribution in [0.1, 0.15) is 124 Å². The van der Waals surface area contributed by atoms with Gasteiger partial charge < -0.3 is 0 Å². The molecule has 0 aromatic heterocycles. The SMILES string of the molecule is CCCCc1ccc(C2CCC(c3ccc(C4CCC(CC)CC4)c(F)c3F)CC2)c(F)c1F. The highest BCUT2D eigenvalue weighted by molar-refractivity contribution is 5.33. The molecule has 0 heterocycles. The van der Waals surface area contributed by atoms with Crippen LogP contribution in [0.2, 0.25) is 0 Å². The van der Waals surface area contributed by atoms with Gasteiger partial charge in [-0.25, -0.2) is 17.6 Å². The predicted octanol–water partition coefficient (Wildman–Crippen LogP) is 9.71. The molecule has 2 aromatic carbocycles. The van der Waals surface area contributed by atoms with Crippen molar-refractivity contribution in [2.75, 3.05) is 0 Å². The Hall–Kier alpha value is -1.84. The topological polar surface area (TPSA) is 0 Å². The minimum Gasteiger partial charge on any atom is -0.203 e. The molecule has 4 rings (SSSR count). The first kappa shape index (κ1) is 25.3. The molecule has 2 fully saturated rings. The van der Waals surface area contributed by atoms with E-state index in [1.807, 2.05) is 6.92 Å². The largest absolute Gasteiger partial charge is 0.203 e. The van der Waals surface area contributed by atoms with Crippen molar-refractivity contribution in [1.29, 1.82) is 0 Å². The number of hydrogen-bond acceptors (Lipinski definition) is 0. The number of benzene rings is 2. The van der Waals surface area contributed by atoms with Gasteiger partial charge in [0.15, 0.2) is 23.3 Å². The summed E-state index contributed by atoms with van der Waals surface area (Å²) >= 11 is 0. The number of rotatable bonds is 7. The molecule has 4 heteroatoms. The van der Waals surface area contributed by atoms with Crippen molar-refractivity contribution in [2.24, 2.45) is 5.92 Å². The van der Waals surface area contributed by atoms with Gasteiger partial charge in [0, 0.05) is 0 Å². The van der Waals surface area contributed by atoms with Crippen molar-refractivity contribution in [2.45, 2.75) is 109 Å². The van der Waals surface area contributed by atoms with Crippen LogP contribution in [0.3, 0.4) is 0 Å². The van der Waals surface area contributed by atoms with Crippen LogP contribution in [0.15, 0.2) is 24.3 Å². The van der Waals surface area contributed by atoms with Gasteiger partial charge in [0.25, 0.3) is 0 Å². The van der Waals surface area contributed by atoms with Gasteiger partial charge in [-0.15, -0.1) is 0 Å². The van der Waals surface area contributed by atoms with E-state index in [0.717, 1.165) is 44.9 Å². The lowest BCUT2D eigenvalue weighted by atomic mass is 9.74. The zero-order valence-electron chi connectivity index (χ0n) is 20.6. The summed E-state index contributed by atoms with van der Waals surface area (Å²) in [5, 5.41) is 0. The van der Waals surface area contributed by atoms with Crippen LogP contribution in [-0.2, 0) is 6.42 Å². The van der Waals surface area contributed by atoms with E-state index < -0.39 is 23.3 Å². The lowest BCUT2D eigenvalue weighted by Crippen LogP contribution is -2.17. The van der Waals surface area contributed by atoms with Gasteiger partial charge in [-0.1, -0.05) is 51.0 Å². The van der Waals surface area contributed by atoms with Crippen molar-refractivity contribution in [3.05, 3.63) is 69.8 Å². The van der Waals surface area contributed by atoms with E-state index in [1.165, 1.54) is 0 Å². The first-order valence-corrected chi connectivity index (χ1v) is 13.4. The second-order valence-electron chi connectivity index (χ2n) is 10.6. The molecule has 34 heavy (non-hydrogen) atoms. The average Bonchev–Trinajstić information content (AvgIpc) is 2.87. The van der Waals surface area contributed by atoms with Gasteiger partial charge >= 0.3 is 0 Å². The maximum atomic E-state index is 15.1. The van der Waals surface area contributed by atoms with Crippen LogP contribution in [0.5, 0.6) is 0 Å². The molecular formula is C30H38F4. The van der Waals surface area contributed by atoms with Crippen LogP contribution >= 0.6 is 0 Å². The first-order valence-electron chi connectivity index (χ1n) is 13.4. The lowest BCUT2D eigenvalue weighted by molar-refractivity contribution is 0.311. The number of aryl methyl sites for hydroxylation is 1. The molecule has 0 N–H and O–H groups in total. The second kappa shape index (κ2) is 11.3. The minimum atomic E-state index is -0.726. The molecular weight excluding hydrogens is 436 g/mol. The Morgan fingerprint density at radius 1 is 0.588 bits per heavy atom. The van der Waals surface area contributed by atoms with Crippen molar-refractivity contribution in [3.63, 3.8) is 0 Å². The normalized spacial score (nSPS) is 25.5. The van der Waals surface area contributed by atoms with E-state index in [1.54, 1.807) is 24.3 Å². The summed E-state index contributed by atoms with van der Waals surface area (Å²) in [7, 11) is 0. The molecule has 0 spiro atoms. The van der Waals surface area contributed by atoms with E-state index in [4.69, 9.17) is 0 Å². The lowest BCUT2D eigenvalue weighted by Gasteiger charge is -2.31. The molecule has 2 aliphatic carbocycles. The van der Waals surface area contributed by atoms with E-state index in [2.05, 4.69) is 6.92 Å². The molecule has 0 amide bonds. The van der Waals surface area contributed by atoms with E-state index in [9.17, 15) is 8.78 Å². The van der Waals surface area contributed by atoms with Crippen LogP contribution < -0.4 is 0 Å². The third-order valence-electron chi connectivity index (χ3n) is 8.60. The molecule has 2 saturated carbocycles. The highest BCUT2D eigenvalue weighted by atomic mass is 19.2. The minimum absolute atomic E-state index is 0.0765. The molecule has 0 atom stereocenters. The number of halogens is 4. The van der Waals surface area contributed by atoms with Crippen LogP contribution in [0.25, 0.3) is 0 Å². The average molecular weight is 475 g/mol. The second-order valence-corrected chi connectivity index (χ2v) is 10.6. The van der Waals surface area contributed by atoms with Gasteiger partial charge in [0.1, 0.15) is 0 Å². The fraction of sp³-hybridized carbons (Fsp3) is 0.600. The van der Waals surface area contributed by atoms with Gasteiger partial charge in [-0.3, -0.25) is 0 Å². The van der Waals surface area contributed by atoms with Crippen LogP contribution in [0, 0.1) is 29.2 Å². The maximum Gasteiger partial charge on any atom is 0.162 e. The molecule has 0 radical (unpaired) electrons. The molecule has 0 bridgehead atoms. The van der Waals surface area contributed by atoms with E-state index in [0.29, 0.717) is 60.3 Å². The molecule has 0 saturated heterocycles. The summed E-state index contributed by atoms with van der Waals surface area (Å²) in [4.78, 5) is 0. The number of unbranched alkanes of at least 4 members (excludes halogenated alkanes) is 1. The van der Waals surface area contributed by atoms with Gasteiger partial charge in [-0.2, -0.15) is 0 Å². The Bertz CT molecular complexity index is 966. The number of hydrogen-bond donors (Lipinski definition) is 0. The maximum absolute atomic E-state index is 15.1. The molecule has 2 aromatic rings. The third-order valence-corrected chi connectivity index (χ3v) is 8.60. The Labute approximate surface area is 202 Å². The molecule has 2 aliphatic rings. The van der Waals surface area contributed by atoms with Crippen molar-refractivity contribution < 1.29 is 17.6 Å². The third kappa shape index (κ3) is 5.21. The summed E-state index contributed by atoms with van der Waals surface area (Å²) < 4.78 is 59.6. The summed E-state index contributed by atoms with van der Waals surface area (Å²) in [6.45, 7) is 4.23. The molecule has 0 nitrogen and oxygen atoms in total. The van der Waals surface area contributed by atoms with E-state index >= 15 is 8.78 Å². The highest BCUT2D eigenvalue weighted by Gasteiger charge is 2.31. The van der Waals surface area contributed by atoms with Crippen LogP contribution in [-0.4, -0.2) is 0 Å². The molecule has 0 aliphatic heterocycles. The Morgan fingerprint density at radius 2 is 1.00 bits per heavy atom. The monoisotopic (exact) mass is 474 g/mol. The first-order chi connectivity index (χ1) is 16.4. The predicted molar refractivity (Wildman–Crippen MR) is 130 cm³/mol. The zero-order valence-corrected chi connectivity index (χ0v) is 20.6. The Kier molecular flexibility index (Phi) is 8.37. The summed E-state index contributed by atoms with van der Waals surface area (Å²) in [6, 6.07) is 7.04. The quantitative estimate of drug-likeness (QED) is 0.350. The Balaban J connectivity index is 1.42. The van der Waals surface area contributed by atoms with Gasteiger partial charge in [0.05, 0.1) is 0 Å². The fourth-order valence-electron chi connectivity index (χ4n) is 6.29.